The first-order valence-corrected chi connectivity index (χ1v) is 4.65. The Hall–Kier alpha value is -0.810. The molecule has 82 valence electrons. The van der Waals surface area contributed by atoms with Crippen molar-refractivity contribution in [3.63, 3.8) is 0 Å². The lowest BCUT2D eigenvalue weighted by Crippen LogP contribution is -2.38. The van der Waals surface area contributed by atoms with Crippen molar-refractivity contribution in [2.45, 2.75) is 38.6 Å². The molecule has 1 fully saturated rings. The number of nitrogens with one attached hydrogen (secondary N) is 1. The Morgan fingerprint density at radius 3 is 2.71 bits per heavy atom. The maximum Gasteiger partial charge on any atom is 0.407 e. The molecule has 0 saturated carbocycles. The van der Waals surface area contributed by atoms with Crippen molar-refractivity contribution in [3.8, 4) is 0 Å². The van der Waals surface area contributed by atoms with E-state index in [9.17, 15) is 9.90 Å². The predicted octanol–water partition coefficient (Wildman–Crippen LogP) is 0.271. The monoisotopic (exact) mass is 203 g/mol. The first-order chi connectivity index (χ1) is 6.38. The summed E-state index contributed by atoms with van der Waals surface area (Å²) in [5.74, 6) is 0. The van der Waals surface area contributed by atoms with Crippen LogP contribution in [0.2, 0.25) is 0 Å². The van der Waals surface area contributed by atoms with E-state index in [-0.39, 0.29) is 12.6 Å². The van der Waals surface area contributed by atoms with Crippen molar-refractivity contribution in [1.29, 1.82) is 0 Å². The number of hydrogen-bond acceptors (Lipinski definition) is 4. The number of rotatable bonds is 3. The minimum atomic E-state index is -0.637. The fraction of sp³-hybridized carbons (Fsp3) is 0.889. The molecule has 1 aliphatic heterocycles. The lowest BCUT2D eigenvalue weighted by Gasteiger charge is -2.20. The van der Waals surface area contributed by atoms with Gasteiger partial charge in [-0.3, -0.25) is 0 Å². The van der Waals surface area contributed by atoms with Gasteiger partial charge in [-0.25, -0.2) is 4.79 Å². The Balaban J connectivity index is 2.14. The van der Waals surface area contributed by atoms with Crippen LogP contribution in [0.3, 0.4) is 0 Å². The van der Waals surface area contributed by atoms with Gasteiger partial charge in [-0.1, -0.05) is 0 Å². The highest BCUT2D eigenvalue weighted by Gasteiger charge is 2.31. The SMILES string of the molecule is CC(C)(C)OC(=O)NCC(O)[C@H]1CO1. The van der Waals surface area contributed by atoms with Crippen molar-refractivity contribution >= 4 is 6.09 Å². The molecule has 14 heavy (non-hydrogen) atoms. The summed E-state index contributed by atoms with van der Waals surface area (Å²) in [7, 11) is 0. The zero-order valence-electron chi connectivity index (χ0n) is 8.74. The Bertz CT molecular complexity index is 207. The number of carbonyl (C=O) groups excluding carboxylic acids is 1. The maximum absolute atomic E-state index is 11.1. The fourth-order valence-electron chi connectivity index (χ4n) is 0.911. The quantitative estimate of drug-likeness (QED) is 0.646. The average Bonchev–Trinajstić information content (AvgIpc) is 2.78. The number of epoxide rings is 1. The van der Waals surface area contributed by atoms with Gasteiger partial charge in [0.15, 0.2) is 0 Å². The largest absolute Gasteiger partial charge is 0.444 e. The summed E-state index contributed by atoms with van der Waals surface area (Å²) < 4.78 is 9.85. The van der Waals surface area contributed by atoms with Gasteiger partial charge in [-0.05, 0) is 20.8 Å². The van der Waals surface area contributed by atoms with Crippen LogP contribution in [0.25, 0.3) is 0 Å². The molecule has 1 unspecified atom stereocenters. The molecule has 2 atom stereocenters. The third kappa shape index (κ3) is 4.43. The molecule has 0 aromatic heterocycles. The smallest absolute Gasteiger partial charge is 0.407 e. The third-order valence-corrected chi connectivity index (χ3v) is 1.64. The molecule has 0 bridgehead atoms. The summed E-state index contributed by atoms with van der Waals surface area (Å²) in [6.45, 7) is 6.09. The summed E-state index contributed by atoms with van der Waals surface area (Å²) in [5.41, 5.74) is -0.509. The molecule has 5 nitrogen and oxygen atoms in total. The average molecular weight is 203 g/mol. The minimum absolute atomic E-state index is 0.120. The third-order valence-electron chi connectivity index (χ3n) is 1.64. The molecule has 0 aromatic carbocycles. The molecule has 1 heterocycles. The van der Waals surface area contributed by atoms with Crippen molar-refractivity contribution < 1.29 is 19.4 Å². The van der Waals surface area contributed by atoms with Gasteiger partial charge < -0.3 is 19.9 Å². The molecule has 1 rings (SSSR count). The summed E-state index contributed by atoms with van der Waals surface area (Å²) in [5, 5.41) is 11.8. The van der Waals surface area contributed by atoms with Crippen LogP contribution in [-0.4, -0.2) is 42.2 Å². The summed E-state index contributed by atoms with van der Waals surface area (Å²) in [6, 6.07) is 0. The van der Waals surface area contributed by atoms with Crippen molar-refractivity contribution in [2.75, 3.05) is 13.2 Å². The van der Waals surface area contributed by atoms with Crippen LogP contribution < -0.4 is 5.32 Å². The van der Waals surface area contributed by atoms with E-state index in [1.165, 1.54) is 0 Å². The van der Waals surface area contributed by atoms with Gasteiger partial charge in [-0.15, -0.1) is 0 Å². The van der Waals surface area contributed by atoms with E-state index in [0.717, 1.165) is 0 Å². The zero-order valence-corrected chi connectivity index (χ0v) is 8.74. The minimum Gasteiger partial charge on any atom is -0.444 e. The molecule has 0 aromatic rings. The van der Waals surface area contributed by atoms with Gasteiger partial charge in [0.2, 0.25) is 0 Å². The highest BCUT2D eigenvalue weighted by atomic mass is 16.6. The van der Waals surface area contributed by atoms with E-state index >= 15 is 0 Å². The second-order valence-electron chi connectivity index (χ2n) is 4.32. The van der Waals surface area contributed by atoms with Gasteiger partial charge in [-0.2, -0.15) is 0 Å². The highest BCUT2D eigenvalue weighted by Crippen LogP contribution is 2.13. The van der Waals surface area contributed by atoms with Crippen molar-refractivity contribution in [3.05, 3.63) is 0 Å². The zero-order chi connectivity index (χ0) is 10.8. The van der Waals surface area contributed by atoms with E-state index in [1.807, 2.05) is 0 Å². The van der Waals surface area contributed by atoms with Crippen LogP contribution >= 0.6 is 0 Å². The number of hydrogen-bond donors (Lipinski definition) is 2. The van der Waals surface area contributed by atoms with Gasteiger partial charge >= 0.3 is 6.09 Å². The molecular weight excluding hydrogens is 186 g/mol. The van der Waals surface area contributed by atoms with Gasteiger partial charge in [0, 0.05) is 6.54 Å². The molecule has 0 spiro atoms. The highest BCUT2D eigenvalue weighted by molar-refractivity contribution is 5.67. The number of ether oxygens (including phenoxy) is 2. The van der Waals surface area contributed by atoms with Crippen LogP contribution in [0.5, 0.6) is 0 Å². The van der Waals surface area contributed by atoms with Crippen molar-refractivity contribution in [2.24, 2.45) is 0 Å². The number of alkyl carbamates (subject to hydrolysis) is 1. The summed E-state index contributed by atoms with van der Waals surface area (Å²) >= 11 is 0. The second-order valence-corrected chi connectivity index (χ2v) is 4.32. The Morgan fingerprint density at radius 2 is 2.29 bits per heavy atom. The molecule has 1 amide bonds. The standard InChI is InChI=1S/C9H17NO4/c1-9(2,3)14-8(12)10-4-6(11)7-5-13-7/h6-7,11H,4-5H2,1-3H3,(H,10,12)/t6?,7-/m1/s1. The van der Waals surface area contributed by atoms with E-state index < -0.39 is 17.8 Å². The maximum atomic E-state index is 11.1. The predicted molar refractivity (Wildman–Crippen MR) is 50.0 cm³/mol. The van der Waals surface area contributed by atoms with E-state index in [1.54, 1.807) is 20.8 Å². The lowest BCUT2D eigenvalue weighted by atomic mass is 10.2. The molecule has 0 aliphatic carbocycles. The number of aliphatic hydroxyl groups excluding tert-OH is 1. The van der Waals surface area contributed by atoms with Gasteiger partial charge in [0.05, 0.1) is 12.7 Å². The van der Waals surface area contributed by atoms with Crippen LogP contribution in [0.4, 0.5) is 4.79 Å². The van der Waals surface area contributed by atoms with Crippen LogP contribution in [0.1, 0.15) is 20.8 Å². The Kier molecular flexibility index (Phi) is 3.34. The summed E-state index contributed by atoms with van der Waals surface area (Å²) in [4.78, 5) is 11.1. The molecule has 2 N–H and O–H groups in total. The number of aliphatic hydroxyl groups is 1. The van der Waals surface area contributed by atoms with Gasteiger partial charge in [0.1, 0.15) is 11.7 Å². The van der Waals surface area contributed by atoms with Crippen LogP contribution in [0, 0.1) is 0 Å². The molecule has 0 radical (unpaired) electrons. The topological polar surface area (TPSA) is 71.1 Å². The Labute approximate surface area is 83.4 Å². The van der Waals surface area contributed by atoms with Crippen molar-refractivity contribution in [1.82, 2.24) is 5.32 Å². The lowest BCUT2D eigenvalue weighted by molar-refractivity contribution is 0.0478. The number of amides is 1. The number of carbonyl (C=O) groups is 1. The fourth-order valence-corrected chi connectivity index (χ4v) is 0.911. The van der Waals surface area contributed by atoms with E-state index in [0.29, 0.717) is 6.61 Å². The van der Waals surface area contributed by atoms with Crippen LogP contribution in [0.15, 0.2) is 0 Å². The molecule has 5 heteroatoms. The summed E-state index contributed by atoms with van der Waals surface area (Å²) in [6.07, 6.45) is -1.27. The van der Waals surface area contributed by atoms with Gasteiger partial charge in [0.25, 0.3) is 0 Å². The normalized spacial score (nSPS) is 22.7. The first-order valence-electron chi connectivity index (χ1n) is 4.65. The molecule has 1 saturated heterocycles. The molecular formula is C9H17NO4. The second kappa shape index (κ2) is 4.14. The Morgan fingerprint density at radius 1 is 1.71 bits per heavy atom. The first kappa shape index (κ1) is 11.3. The van der Waals surface area contributed by atoms with E-state index in [4.69, 9.17) is 9.47 Å². The van der Waals surface area contributed by atoms with Crippen LogP contribution in [-0.2, 0) is 9.47 Å². The molecule has 1 aliphatic rings. The van der Waals surface area contributed by atoms with E-state index in [2.05, 4.69) is 5.32 Å².